The van der Waals surface area contributed by atoms with E-state index in [1.54, 1.807) is 12.0 Å². The van der Waals surface area contributed by atoms with Crippen molar-refractivity contribution in [3.05, 3.63) is 53.6 Å². The highest BCUT2D eigenvalue weighted by atomic mass is 16.5. The van der Waals surface area contributed by atoms with Crippen LogP contribution in [-0.2, 0) is 11.3 Å². The molecule has 1 aliphatic heterocycles. The fourth-order valence-corrected chi connectivity index (χ4v) is 3.54. The van der Waals surface area contributed by atoms with Crippen LogP contribution in [0.25, 0.3) is 0 Å². The van der Waals surface area contributed by atoms with Crippen molar-refractivity contribution in [3.8, 4) is 5.75 Å². The number of hydrogen-bond donors (Lipinski definition) is 1. The first-order chi connectivity index (χ1) is 14.1. The van der Waals surface area contributed by atoms with E-state index in [4.69, 9.17) is 9.47 Å². The molecule has 6 nitrogen and oxygen atoms in total. The van der Waals surface area contributed by atoms with Crippen LogP contribution in [0, 0.1) is 6.92 Å². The summed E-state index contributed by atoms with van der Waals surface area (Å²) in [6, 6.07) is 13.9. The van der Waals surface area contributed by atoms with E-state index in [9.17, 15) is 4.79 Å². The zero-order valence-corrected chi connectivity index (χ0v) is 17.6. The minimum Gasteiger partial charge on any atom is -0.489 e. The van der Waals surface area contributed by atoms with Crippen molar-refractivity contribution in [3.63, 3.8) is 0 Å². The summed E-state index contributed by atoms with van der Waals surface area (Å²) in [5.74, 6) is 0.654. The minimum atomic E-state index is -0.165. The van der Waals surface area contributed by atoms with E-state index in [0.29, 0.717) is 31.2 Å². The molecule has 6 heteroatoms. The number of hydrogen-bond acceptors (Lipinski definition) is 4. The number of anilines is 2. The molecule has 0 atom stereocenters. The molecule has 1 N–H and O–H groups in total. The molecule has 29 heavy (non-hydrogen) atoms. The Hall–Kier alpha value is -2.73. The number of nitrogens with one attached hydrogen (secondary N) is 1. The zero-order valence-electron chi connectivity index (χ0n) is 17.6. The average molecular weight is 398 g/mol. The summed E-state index contributed by atoms with van der Waals surface area (Å²) in [6.45, 7) is 5.63. The molecule has 0 aromatic heterocycles. The lowest BCUT2D eigenvalue weighted by molar-refractivity contribution is 0.146. The molecule has 0 aliphatic carbocycles. The largest absolute Gasteiger partial charge is 0.489 e. The molecule has 1 saturated heterocycles. The smallest absolute Gasteiger partial charge is 0.321 e. The van der Waals surface area contributed by atoms with Gasteiger partial charge in [-0.3, -0.25) is 0 Å². The lowest BCUT2D eigenvalue weighted by atomic mass is 10.1. The summed E-state index contributed by atoms with van der Waals surface area (Å²) < 4.78 is 10.8. The molecular formula is C23H31N3O3. The summed E-state index contributed by atoms with van der Waals surface area (Å²) in [7, 11) is 3.45. The maximum atomic E-state index is 12.8. The zero-order chi connectivity index (χ0) is 20.6. The maximum Gasteiger partial charge on any atom is 0.321 e. The van der Waals surface area contributed by atoms with Gasteiger partial charge in [-0.05, 0) is 49.1 Å². The summed E-state index contributed by atoms with van der Waals surface area (Å²) >= 11 is 0. The van der Waals surface area contributed by atoms with Gasteiger partial charge in [-0.1, -0.05) is 24.3 Å². The number of nitrogens with zero attached hydrogens (tertiary/aromatic N) is 2. The third-order valence-corrected chi connectivity index (χ3v) is 5.12. The van der Waals surface area contributed by atoms with Crippen LogP contribution >= 0.6 is 0 Å². The first kappa shape index (κ1) is 21.0. The summed E-state index contributed by atoms with van der Waals surface area (Å²) in [4.78, 5) is 16.9. The van der Waals surface area contributed by atoms with Crippen molar-refractivity contribution >= 4 is 17.4 Å². The molecular weight excluding hydrogens is 366 g/mol. The number of urea groups is 1. The van der Waals surface area contributed by atoms with E-state index < -0.39 is 0 Å². The Morgan fingerprint density at radius 3 is 2.66 bits per heavy atom. The maximum absolute atomic E-state index is 12.8. The highest BCUT2D eigenvalue weighted by Gasteiger charge is 2.18. The molecule has 2 amide bonds. The second-order valence-electron chi connectivity index (χ2n) is 7.45. The van der Waals surface area contributed by atoms with Gasteiger partial charge in [0.25, 0.3) is 0 Å². The van der Waals surface area contributed by atoms with Crippen molar-refractivity contribution < 1.29 is 14.3 Å². The second kappa shape index (κ2) is 10.2. The van der Waals surface area contributed by atoms with Gasteiger partial charge in [-0.15, -0.1) is 0 Å². The van der Waals surface area contributed by atoms with Crippen molar-refractivity contribution in [2.24, 2.45) is 0 Å². The lowest BCUT2D eigenvalue weighted by Crippen LogP contribution is -2.32. The molecule has 0 bridgehead atoms. The van der Waals surface area contributed by atoms with Crippen LogP contribution in [0.3, 0.4) is 0 Å². The number of rotatable bonds is 8. The molecule has 2 aromatic carbocycles. The molecule has 3 rings (SSSR count). The Kier molecular flexibility index (Phi) is 7.36. The van der Waals surface area contributed by atoms with Crippen molar-refractivity contribution in [1.82, 2.24) is 4.90 Å². The van der Waals surface area contributed by atoms with Gasteiger partial charge in [0.2, 0.25) is 0 Å². The quantitative estimate of drug-likeness (QED) is 0.676. The highest BCUT2D eigenvalue weighted by Crippen LogP contribution is 2.28. The average Bonchev–Trinajstić information content (AvgIpc) is 3.25. The van der Waals surface area contributed by atoms with Crippen molar-refractivity contribution in [2.45, 2.75) is 26.3 Å². The number of aryl methyl sites for hydroxylation is 1. The lowest BCUT2D eigenvalue weighted by Gasteiger charge is -2.25. The molecule has 0 radical (unpaired) electrons. The molecule has 156 valence electrons. The summed E-state index contributed by atoms with van der Waals surface area (Å²) in [5.41, 5.74) is 4.12. The monoisotopic (exact) mass is 397 g/mol. The van der Waals surface area contributed by atoms with Crippen molar-refractivity contribution in [1.29, 1.82) is 0 Å². The van der Waals surface area contributed by atoms with Gasteiger partial charge in [0.1, 0.15) is 12.4 Å². The first-order valence-corrected chi connectivity index (χ1v) is 10.2. The highest BCUT2D eigenvalue weighted by molar-refractivity contribution is 5.91. The molecule has 0 saturated carbocycles. The third kappa shape index (κ3) is 5.64. The Bertz CT molecular complexity index is 819. The molecule has 0 unspecified atom stereocenters. The second-order valence-corrected chi connectivity index (χ2v) is 7.45. The predicted octanol–water partition coefficient (Wildman–Crippen LogP) is 4.28. The van der Waals surface area contributed by atoms with E-state index in [1.807, 2.05) is 38.2 Å². The Morgan fingerprint density at radius 1 is 1.14 bits per heavy atom. The number of ether oxygens (including phenoxy) is 2. The van der Waals surface area contributed by atoms with Crippen LogP contribution in [0.1, 0.15) is 24.0 Å². The Labute approximate surface area is 173 Å². The van der Waals surface area contributed by atoms with E-state index in [-0.39, 0.29) is 6.03 Å². The molecule has 1 heterocycles. The first-order valence-electron chi connectivity index (χ1n) is 10.2. The summed E-state index contributed by atoms with van der Waals surface area (Å²) in [5, 5.41) is 2.98. The molecule has 2 aromatic rings. The Balaban J connectivity index is 1.67. The van der Waals surface area contributed by atoms with Crippen molar-refractivity contribution in [2.75, 3.05) is 50.7 Å². The standard InChI is InChI=1S/C23H31N3O3/c1-18-10-11-20(22(16-18)29-15-14-28-3)24-23(27)25(2)17-19-8-4-5-9-21(19)26-12-6-7-13-26/h4-5,8-11,16H,6-7,12-15,17H2,1-3H3,(H,24,27). The molecule has 1 aliphatic rings. The molecule has 1 fully saturated rings. The minimum absolute atomic E-state index is 0.165. The molecule has 0 spiro atoms. The van der Waals surface area contributed by atoms with E-state index >= 15 is 0 Å². The fraction of sp³-hybridized carbons (Fsp3) is 0.435. The van der Waals surface area contributed by atoms with Crippen LogP contribution in [0.15, 0.2) is 42.5 Å². The van der Waals surface area contributed by atoms with E-state index in [0.717, 1.165) is 24.2 Å². The van der Waals surface area contributed by atoms with Crippen LogP contribution in [-0.4, -0.2) is 51.4 Å². The van der Waals surface area contributed by atoms with Crippen LogP contribution in [0.4, 0.5) is 16.2 Å². The van der Waals surface area contributed by atoms with E-state index in [1.165, 1.54) is 18.5 Å². The number of methoxy groups -OCH3 is 1. The Morgan fingerprint density at radius 2 is 1.90 bits per heavy atom. The van der Waals surface area contributed by atoms with Crippen LogP contribution in [0.5, 0.6) is 5.75 Å². The van der Waals surface area contributed by atoms with Gasteiger partial charge in [0.05, 0.1) is 12.3 Å². The van der Waals surface area contributed by atoms with Gasteiger partial charge in [-0.25, -0.2) is 4.79 Å². The van der Waals surface area contributed by atoms with E-state index in [2.05, 4.69) is 28.4 Å². The SMILES string of the molecule is COCCOc1cc(C)ccc1NC(=O)N(C)Cc1ccccc1N1CCCC1. The predicted molar refractivity (Wildman–Crippen MR) is 117 cm³/mol. The number of para-hydroxylation sites is 1. The van der Waals surface area contributed by atoms with Gasteiger partial charge in [0.15, 0.2) is 0 Å². The number of benzene rings is 2. The number of amides is 2. The normalized spacial score (nSPS) is 13.4. The summed E-state index contributed by atoms with van der Waals surface area (Å²) in [6.07, 6.45) is 2.45. The van der Waals surface area contributed by atoms with Gasteiger partial charge in [0, 0.05) is 39.5 Å². The van der Waals surface area contributed by atoms with Crippen LogP contribution < -0.4 is 15.0 Å². The third-order valence-electron chi connectivity index (χ3n) is 5.12. The number of carbonyl (C=O) groups is 1. The van der Waals surface area contributed by atoms with Gasteiger partial charge >= 0.3 is 6.03 Å². The van der Waals surface area contributed by atoms with Crippen LogP contribution in [0.2, 0.25) is 0 Å². The van der Waals surface area contributed by atoms with Gasteiger partial charge in [-0.2, -0.15) is 0 Å². The van der Waals surface area contributed by atoms with Gasteiger partial charge < -0.3 is 24.6 Å². The topological polar surface area (TPSA) is 54.0 Å². The number of carbonyl (C=O) groups excluding carboxylic acids is 1. The fourth-order valence-electron chi connectivity index (χ4n) is 3.54.